The maximum atomic E-state index is 10.9. The Balaban J connectivity index is 1.96. The topological polar surface area (TPSA) is 20.3 Å². The molecule has 1 unspecified atom stereocenters. The largest absolute Gasteiger partial charge is 0.302 e. The molecule has 2 rings (SSSR count). The number of rotatable bonds is 4. The van der Waals surface area contributed by atoms with Gasteiger partial charge in [-0.1, -0.05) is 26.7 Å². The van der Waals surface area contributed by atoms with Crippen LogP contribution >= 0.6 is 0 Å². The molecule has 1 aliphatic carbocycles. The number of hydrogen-bond acceptors (Lipinski definition) is 2. The SMILES string of the molecule is CCC[C@@H]1C[C@]12CC(C=O)N(CC)C2. The molecule has 1 saturated heterocycles. The van der Waals surface area contributed by atoms with Crippen LogP contribution in [0.4, 0.5) is 0 Å². The lowest BCUT2D eigenvalue weighted by Gasteiger charge is -2.16. The molecule has 0 aromatic rings. The Morgan fingerprint density at radius 2 is 2.21 bits per heavy atom. The van der Waals surface area contributed by atoms with Crippen LogP contribution in [-0.2, 0) is 4.79 Å². The zero-order valence-corrected chi connectivity index (χ0v) is 9.33. The third-order valence-corrected chi connectivity index (χ3v) is 4.16. The molecule has 1 saturated carbocycles. The molecule has 1 heterocycles. The molecule has 0 amide bonds. The van der Waals surface area contributed by atoms with Crippen LogP contribution in [0.5, 0.6) is 0 Å². The second-order valence-electron chi connectivity index (χ2n) is 5.02. The molecular formula is C12H21NO. The fourth-order valence-electron chi connectivity index (χ4n) is 3.24. The van der Waals surface area contributed by atoms with Crippen LogP contribution in [0.2, 0.25) is 0 Å². The van der Waals surface area contributed by atoms with Crippen molar-refractivity contribution in [2.75, 3.05) is 13.1 Å². The first-order chi connectivity index (χ1) is 6.75. The van der Waals surface area contributed by atoms with E-state index in [0.29, 0.717) is 5.41 Å². The minimum Gasteiger partial charge on any atom is -0.302 e. The molecule has 2 nitrogen and oxygen atoms in total. The maximum Gasteiger partial charge on any atom is 0.137 e. The molecule has 3 atom stereocenters. The van der Waals surface area contributed by atoms with Crippen molar-refractivity contribution < 1.29 is 4.79 Å². The van der Waals surface area contributed by atoms with Gasteiger partial charge in [-0.15, -0.1) is 0 Å². The van der Waals surface area contributed by atoms with Crippen LogP contribution in [0.3, 0.4) is 0 Å². The number of likely N-dealkylation sites (tertiary alicyclic amines) is 1. The molecule has 2 heteroatoms. The zero-order chi connectivity index (χ0) is 10.2. The van der Waals surface area contributed by atoms with Gasteiger partial charge in [-0.05, 0) is 30.7 Å². The van der Waals surface area contributed by atoms with E-state index in [1.54, 1.807) is 0 Å². The fourth-order valence-corrected chi connectivity index (χ4v) is 3.24. The Kier molecular flexibility index (Phi) is 2.65. The summed E-state index contributed by atoms with van der Waals surface area (Å²) < 4.78 is 0. The highest BCUT2D eigenvalue weighted by Gasteiger charge is 2.58. The number of nitrogens with zero attached hydrogens (tertiary/aromatic N) is 1. The molecule has 0 aromatic carbocycles. The van der Waals surface area contributed by atoms with Gasteiger partial charge in [-0.3, -0.25) is 4.90 Å². The molecule has 0 bridgehead atoms. The zero-order valence-electron chi connectivity index (χ0n) is 9.33. The molecule has 0 radical (unpaired) electrons. The fraction of sp³-hybridized carbons (Fsp3) is 0.917. The van der Waals surface area contributed by atoms with Crippen LogP contribution in [0.1, 0.15) is 39.5 Å². The third kappa shape index (κ3) is 1.50. The first kappa shape index (κ1) is 10.2. The van der Waals surface area contributed by atoms with Crippen molar-refractivity contribution in [2.45, 2.75) is 45.6 Å². The first-order valence-corrected chi connectivity index (χ1v) is 5.95. The van der Waals surface area contributed by atoms with E-state index in [9.17, 15) is 4.79 Å². The van der Waals surface area contributed by atoms with Crippen molar-refractivity contribution >= 4 is 6.29 Å². The van der Waals surface area contributed by atoms with Crippen molar-refractivity contribution in [3.8, 4) is 0 Å². The van der Waals surface area contributed by atoms with Gasteiger partial charge >= 0.3 is 0 Å². The van der Waals surface area contributed by atoms with Crippen LogP contribution in [0.15, 0.2) is 0 Å². The molecular weight excluding hydrogens is 174 g/mol. The monoisotopic (exact) mass is 195 g/mol. The molecule has 14 heavy (non-hydrogen) atoms. The average molecular weight is 195 g/mol. The predicted molar refractivity (Wildman–Crippen MR) is 57.2 cm³/mol. The van der Waals surface area contributed by atoms with E-state index in [4.69, 9.17) is 0 Å². The van der Waals surface area contributed by atoms with Gasteiger partial charge in [0.1, 0.15) is 6.29 Å². The highest BCUT2D eigenvalue weighted by molar-refractivity contribution is 5.59. The van der Waals surface area contributed by atoms with Crippen LogP contribution in [-0.4, -0.2) is 30.3 Å². The molecule has 0 N–H and O–H groups in total. The predicted octanol–water partition coefficient (Wildman–Crippen LogP) is 2.09. The molecule has 1 spiro atoms. The minimum atomic E-state index is 0.224. The van der Waals surface area contributed by atoms with E-state index < -0.39 is 0 Å². The summed E-state index contributed by atoms with van der Waals surface area (Å²) >= 11 is 0. The van der Waals surface area contributed by atoms with E-state index in [1.165, 1.54) is 25.8 Å². The second kappa shape index (κ2) is 3.65. The van der Waals surface area contributed by atoms with Crippen molar-refractivity contribution in [3.63, 3.8) is 0 Å². The van der Waals surface area contributed by atoms with Crippen LogP contribution in [0.25, 0.3) is 0 Å². The lowest BCUT2D eigenvalue weighted by atomic mass is 9.98. The Morgan fingerprint density at radius 3 is 2.71 bits per heavy atom. The number of aldehydes is 1. The summed E-state index contributed by atoms with van der Waals surface area (Å²) in [7, 11) is 0. The van der Waals surface area contributed by atoms with E-state index in [2.05, 4.69) is 18.7 Å². The highest BCUT2D eigenvalue weighted by atomic mass is 16.1. The van der Waals surface area contributed by atoms with Gasteiger partial charge < -0.3 is 4.79 Å². The van der Waals surface area contributed by atoms with E-state index in [0.717, 1.165) is 25.2 Å². The number of hydrogen-bond donors (Lipinski definition) is 0. The Labute approximate surface area is 86.7 Å². The van der Waals surface area contributed by atoms with Gasteiger partial charge in [0.05, 0.1) is 6.04 Å². The Morgan fingerprint density at radius 1 is 1.43 bits per heavy atom. The second-order valence-corrected chi connectivity index (χ2v) is 5.02. The van der Waals surface area contributed by atoms with Gasteiger partial charge in [0.25, 0.3) is 0 Å². The number of carbonyl (C=O) groups is 1. The summed E-state index contributed by atoms with van der Waals surface area (Å²) in [5.41, 5.74) is 0.553. The van der Waals surface area contributed by atoms with Gasteiger partial charge in [0, 0.05) is 6.54 Å². The lowest BCUT2D eigenvalue weighted by molar-refractivity contribution is -0.111. The van der Waals surface area contributed by atoms with Gasteiger partial charge in [-0.2, -0.15) is 0 Å². The Hall–Kier alpha value is -0.370. The highest BCUT2D eigenvalue weighted by Crippen LogP contribution is 2.61. The third-order valence-electron chi connectivity index (χ3n) is 4.16. The molecule has 0 aromatic heterocycles. The van der Waals surface area contributed by atoms with Gasteiger partial charge in [0.15, 0.2) is 0 Å². The van der Waals surface area contributed by atoms with E-state index in [-0.39, 0.29) is 6.04 Å². The number of likely N-dealkylation sites (N-methyl/N-ethyl adjacent to an activating group) is 1. The Bertz CT molecular complexity index is 228. The molecule has 1 aliphatic heterocycles. The summed E-state index contributed by atoms with van der Waals surface area (Å²) in [6, 6.07) is 0.224. The van der Waals surface area contributed by atoms with Crippen LogP contribution in [0, 0.1) is 11.3 Å². The minimum absolute atomic E-state index is 0.224. The van der Waals surface area contributed by atoms with Crippen molar-refractivity contribution in [2.24, 2.45) is 11.3 Å². The average Bonchev–Trinajstić information content (AvgIpc) is 2.71. The quantitative estimate of drug-likeness (QED) is 0.640. The molecule has 80 valence electrons. The first-order valence-electron chi connectivity index (χ1n) is 5.95. The smallest absolute Gasteiger partial charge is 0.137 e. The normalized spacial score (nSPS) is 41.9. The van der Waals surface area contributed by atoms with Gasteiger partial charge in [0.2, 0.25) is 0 Å². The van der Waals surface area contributed by atoms with Crippen LogP contribution < -0.4 is 0 Å². The van der Waals surface area contributed by atoms with Gasteiger partial charge in [-0.25, -0.2) is 0 Å². The van der Waals surface area contributed by atoms with E-state index in [1.807, 2.05) is 0 Å². The van der Waals surface area contributed by atoms with E-state index >= 15 is 0 Å². The standard InChI is InChI=1S/C12H21NO/c1-3-5-10-6-12(10)7-11(8-14)13(4-2)9-12/h8,10-11H,3-7,9H2,1-2H3/t10-,11?,12-/m1/s1. The van der Waals surface area contributed by atoms with Crippen molar-refractivity contribution in [3.05, 3.63) is 0 Å². The number of carbonyl (C=O) groups excluding carboxylic acids is 1. The summed E-state index contributed by atoms with van der Waals surface area (Å²) in [5.74, 6) is 0.923. The lowest BCUT2D eigenvalue weighted by Crippen LogP contribution is -2.30. The molecule has 2 aliphatic rings. The maximum absolute atomic E-state index is 10.9. The summed E-state index contributed by atoms with van der Waals surface area (Å²) in [4.78, 5) is 13.3. The summed E-state index contributed by atoms with van der Waals surface area (Å²) in [6.07, 6.45) is 6.32. The van der Waals surface area contributed by atoms with Crippen molar-refractivity contribution in [1.82, 2.24) is 4.90 Å². The molecule has 2 fully saturated rings. The summed E-state index contributed by atoms with van der Waals surface area (Å²) in [5, 5.41) is 0. The summed E-state index contributed by atoms with van der Waals surface area (Å²) in [6.45, 7) is 6.63. The van der Waals surface area contributed by atoms with Crippen molar-refractivity contribution in [1.29, 1.82) is 0 Å².